The van der Waals surface area contributed by atoms with Crippen LogP contribution in [-0.4, -0.2) is 34.1 Å². The number of fused-ring (bicyclic) bond motifs is 2. The van der Waals surface area contributed by atoms with Crippen LogP contribution in [0.3, 0.4) is 0 Å². The summed E-state index contributed by atoms with van der Waals surface area (Å²) in [5.74, 6) is 0.140. The molecule has 0 saturated carbocycles. The summed E-state index contributed by atoms with van der Waals surface area (Å²) in [5, 5.41) is 9.79. The number of benzene rings is 1. The van der Waals surface area contributed by atoms with Gasteiger partial charge in [-0.15, -0.1) is 0 Å². The number of amides is 1. The first-order valence-corrected chi connectivity index (χ1v) is 7.45. The Morgan fingerprint density at radius 3 is 2.45 bits per heavy atom. The number of carbonyl (C=O) groups is 1. The Bertz CT molecular complexity index is 463. The molecule has 2 aliphatic heterocycles. The van der Waals surface area contributed by atoms with E-state index < -0.39 is 0 Å². The fourth-order valence-electron chi connectivity index (χ4n) is 3.67. The first kappa shape index (κ1) is 13.6. The largest absolute Gasteiger partial charge is 0.393 e. The quantitative estimate of drug-likeness (QED) is 0.879. The van der Waals surface area contributed by atoms with Gasteiger partial charge >= 0.3 is 0 Å². The van der Waals surface area contributed by atoms with E-state index in [4.69, 9.17) is 5.73 Å². The lowest BCUT2D eigenvalue weighted by Crippen LogP contribution is -2.48. The van der Waals surface area contributed by atoms with Gasteiger partial charge in [-0.1, -0.05) is 30.3 Å². The Hall–Kier alpha value is -1.39. The average Bonchev–Trinajstić information content (AvgIpc) is 2.72. The Balaban J connectivity index is 1.65. The SMILES string of the molecule is NC(CC(=O)N1C2CCC1CC(O)C2)c1ccccc1. The molecule has 2 bridgehead atoms. The van der Waals surface area contributed by atoms with Gasteiger partial charge in [0.1, 0.15) is 0 Å². The molecule has 4 heteroatoms. The second-order valence-electron chi connectivity index (χ2n) is 6.03. The topological polar surface area (TPSA) is 66.6 Å². The van der Waals surface area contributed by atoms with Gasteiger partial charge in [0.15, 0.2) is 0 Å². The fourth-order valence-corrected chi connectivity index (χ4v) is 3.67. The molecule has 2 heterocycles. The second-order valence-corrected chi connectivity index (χ2v) is 6.03. The normalized spacial score (nSPS) is 30.3. The summed E-state index contributed by atoms with van der Waals surface area (Å²) in [5.41, 5.74) is 7.15. The number of aliphatic hydroxyl groups is 1. The number of rotatable bonds is 3. The highest BCUT2D eigenvalue weighted by molar-refractivity contribution is 5.78. The Kier molecular flexibility index (Phi) is 3.76. The van der Waals surface area contributed by atoms with Gasteiger partial charge in [0.05, 0.1) is 6.10 Å². The molecule has 3 atom stereocenters. The van der Waals surface area contributed by atoms with Crippen molar-refractivity contribution in [2.75, 3.05) is 0 Å². The zero-order valence-electron chi connectivity index (χ0n) is 11.6. The summed E-state index contributed by atoms with van der Waals surface area (Å²) < 4.78 is 0. The molecule has 0 spiro atoms. The Labute approximate surface area is 119 Å². The van der Waals surface area contributed by atoms with E-state index in [-0.39, 0.29) is 30.1 Å². The summed E-state index contributed by atoms with van der Waals surface area (Å²) in [4.78, 5) is 14.5. The molecule has 1 amide bonds. The summed E-state index contributed by atoms with van der Waals surface area (Å²) in [7, 11) is 0. The Morgan fingerprint density at radius 2 is 1.85 bits per heavy atom. The van der Waals surface area contributed by atoms with Crippen LogP contribution in [0, 0.1) is 0 Å². The van der Waals surface area contributed by atoms with Crippen molar-refractivity contribution in [3.8, 4) is 0 Å². The molecule has 108 valence electrons. The van der Waals surface area contributed by atoms with E-state index in [2.05, 4.69) is 0 Å². The highest BCUT2D eigenvalue weighted by Crippen LogP contribution is 2.36. The zero-order valence-corrected chi connectivity index (χ0v) is 11.6. The molecule has 4 nitrogen and oxygen atoms in total. The summed E-state index contributed by atoms with van der Waals surface area (Å²) in [6.45, 7) is 0. The minimum atomic E-state index is -0.241. The van der Waals surface area contributed by atoms with E-state index in [1.165, 1.54) is 0 Å². The molecule has 2 saturated heterocycles. The maximum Gasteiger partial charge on any atom is 0.224 e. The number of hydrogen-bond acceptors (Lipinski definition) is 3. The molecule has 3 unspecified atom stereocenters. The van der Waals surface area contributed by atoms with Crippen LogP contribution in [0.4, 0.5) is 0 Å². The number of nitrogens with zero attached hydrogens (tertiary/aromatic N) is 1. The lowest BCUT2D eigenvalue weighted by Gasteiger charge is -2.37. The van der Waals surface area contributed by atoms with E-state index in [0.717, 1.165) is 31.2 Å². The van der Waals surface area contributed by atoms with Crippen LogP contribution < -0.4 is 5.73 Å². The predicted octanol–water partition coefficient (Wildman–Crippen LogP) is 1.59. The van der Waals surface area contributed by atoms with Gasteiger partial charge in [-0.2, -0.15) is 0 Å². The summed E-state index contributed by atoms with van der Waals surface area (Å²) in [6.07, 6.45) is 3.61. The van der Waals surface area contributed by atoms with Crippen LogP contribution in [0.15, 0.2) is 30.3 Å². The number of nitrogens with two attached hydrogens (primary N) is 1. The molecule has 3 rings (SSSR count). The summed E-state index contributed by atoms with van der Waals surface area (Å²) >= 11 is 0. The lowest BCUT2D eigenvalue weighted by molar-refractivity contribution is -0.137. The van der Waals surface area contributed by atoms with Gasteiger partial charge in [0.25, 0.3) is 0 Å². The van der Waals surface area contributed by atoms with E-state index in [0.29, 0.717) is 6.42 Å². The van der Waals surface area contributed by atoms with Gasteiger partial charge in [0.2, 0.25) is 5.91 Å². The monoisotopic (exact) mass is 274 g/mol. The van der Waals surface area contributed by atoms with E-state index in [9.17, 15) is 9.90 Å². The molecule has 0 aromatic heterocycles. The fraction of sp³-hybridized carbons (Fsp3) is 0.562. The van der Waals surface area contributed by atoms with Crippen molar-refractivity contribution in [2.45, 2.75) is 56.3 Å². The molecule has 2 aliphatic rings. The van der Waals surface area contributed by atoms with Crippen molar-refractivity contribution < 1.29 is 9.90 Å². The van der Waals surface area contributed by atoms with Crippen molar-refractivity contribution in [1.29, 1.82) is 0 Å². The second kappa shape index (κ2) is 5.54. The van der Waals surface area contributed by atoms with E-state index >= 15 is 0 Å². The third-order valence-corrected chi connectivity index (χ3v) is 4.62. The van der Waals surface area contributed by atoms with Gasteiger partial charge < -0.3 is 15.7 Å². The molecule has 0 radical (unpaired) electrons. The van der Waals surface area contributed by atoms with Gasteiger partial charge in [0, 0.05) is 24.5 Å². The van der Waals surface area contributed by atoms with Crippen molar-refractivity contribution in [3.63, 3.8) is 0 Å². The molecule has 20 heavy (non-hydrogen) atoms. The Morgan fingerprint density at radius 1 is 1.25 bits per heavy atom. The third-order valence-electron chi connectivity index (χ3n) is 4.62. The zero-order chi connectivity index (χ0) is 14.1. The standard InChI is InChI=1S/C16H22N2O2/c17-15(11-4-2-1-3-5-11)10-16(20)18-12-6-7-13(18)9-14(19)8-12/h1-5,12-15,19H,6-10,17H2. The van der Waals surface area contributed by atoms with Gasteiger partial charge in [-0.05, 0) is 31.2 Å². The van der Waals surface area contributed by atoms with Gasteiger partial charge in [-0.25, -0.2) is 0 Å². The third kappa shape index (κ3) is 2.58. The van der Waals surface area contributed by atoms with Crippen LogP contribution in [-0.2, 0) is 4.79 Å². The number of carbonyl (C=O) groups excluding carboxylic acids is 1. The first-order valence-electron chi connectivity index (χ1n) is 7.45. The molecular weight excluding hydrogens is 252 g/mol. The average molecular weight is 274 g/mol. The smallest absolute Gasteiger partial charge is 0.224 e. The van der Waals surface area contributed by atoms with E-state index in [1.54, 1.807) is 0 Å². The number of piperidine rings is 1. The van der Waals surface area contributed by atoms with Crippen molar-refractivity contribution in [3.05, 3.63) is 35.9 Å². The van der Waals surface area contributed by atoms with Crippen LogP contribution in [0.25, 0.3) is 0 Å². The maximum absolute atomic E-state index is 12.5. The minimum absolute atomic E-state index is 0.140. The van der Waals surface area contributed by atoms with Crippen molar-refractivity contribution in [2.24, 2.45) is 5.73 Å². The molecule has 0 aliphatic carbocycles. The van der Waals surface area contributed by atoms with Crippen LogP contribution >= 0.6 is 0 Å². The summed E-state index contributed by atoms with van der Waals surface area (Å²) in [6, 6.07) is 9.97. The first-order chi connectivity index (χ1) is 9.65. The van der Waals surface area contributed by atoms with Gasteiger partial charge in [-0.3, -0.25) is 4.79 Å². The molecule has 1 aromatic carbocycles. The molecular formula is C16H22N2O2. The molecule has 3 N–H and O–H groups in total. The predicted molar refractivity (Wildman–Crippen MR) is 76.9 cm³/mol. The van der Waals surface area contributed by atoms with Crippen LogP contribution in [0.2, 0.25) is 0 Å². The number of aliphatic hydroxyl groups excluding tert-OH is 1. The van der Waals surface area contributed by atoms with Crippen molar-refractivity contribution in [1.82, 2.24) is 4.90 Å². The maximum atomic E-state index is 12.5. The lowest BCUT2D eigenvalue weighted by atomic mass is 9.97. The van der Waals surface area contributed by atoms with E-state index in [1.807, 2.05) is 35.2 Å². The molecule has 2 fully saturated rings. The minimum Gasteiger partial charge on any atom is -0.393 e. The van der Waals surface area contributed by atoms with Crippen LogP contribution in [0.1, 0.15) is 43.7 Å². The van der Waals surface area contributed by atoms with Crippen molar-refractivity contribution >= 4 is 5.91 Å². The highest BCUT2D eigenvalue weighted by atomic mass is 16.3. The van der Waals surface area contributed by atoms with Crippen LogP contribution in [0.5, 0.6) is 0 Å². The highest BCUT2D eigenvalue weighted by Gasteiger charge is 2.42. The molecule has 1 aromatic rings. The number of hydrogen-bond donors (Lipinski definition) is 2.